The summed E-state index contributed by atoms with van der Waals surface area (Å²) in [5.74, 6) is 0.0154. The van der Waals surface area contributed by atoms with Gasteiger partial charge in [-0.25, -0.2) is 0 Å². The maximum atomic E-state index is 12.6. The third-order valence-electron chi connectivity index (χ3n) is 4.51. The van der Waals surface area contributed by atoms with Gasteiger partial charge >= 0.3 is 0 Å². The van der Waals surface area contributed by atoms with Gasteiger partial charge < -0.3 is 14.7 Å². The maximum absolute atomic E-state index is 12.6. The van der Waals surface area contributed by atoms with E-state index < -0.39 is 5.60 Å². The number of carbonyl (C=O) groups excluding carboxylic acids is 1. The summed E-state index contributed by atoms with van der Waals surface area (Å²) < 4.78 is 5.34. The molecule has 22 heavy (non-hydrogen) atoms. The van der Waals surface area contributed by atoms with Crippen LogP contribution in [0.3, 0.4) is 0 Å². The van der Waals surface area contributed by atoms with Gasteiger partial charge in [0, 0.05) is 31.7 Å². The Morgan fingerprint density at radius 1 is 1.32 bits per heavy atom. The van der Waals surface area contributed by atoms with Crippen molar-refractivity contribution in [1.29, 1.82) is 0 Å². The van der Waals surface area contributed by atoms with Crippen LogP contribution in [0, 0.1) is 6.92 Å². The van der Waals surface area contributed by atoms with E-state index in [1.54, 1.807) is 4.90 Å². The van der Waals surface area contributed by atoms with Gasteiger partial charge in [0.15, 0.2) is 0 Å². The zero-order valence-electron chi connectivity index (χ0n) is 13.1. The first kappa shape index (κ1) is 15.5. The highest BCUT2D eigenvalue weighted by atomic mass is 16.5. The number of rotatable bonds is 3. The molecule has 120 valence electrons. The number of β-amino-alcohol motifs (C(OH)–C–C–N with tert-alkyl or cyclic N) is 1. The summed E-state index contributed by atoms with van der Waals surface area (Å²) in [6, 6.07) is 7.63. The lowest BCUT2D eigenvalue weighted by molar-refractivity contribution is -0.0257. The molecule has 3 rings (SSSR count). The van der Waals surface area contributed by atoms with Gasteiger partial charge in [-0.15, -0.1) is 0 Å². The second-order valence-corrected chi connectivity index (χ2v) is 6.46. The van der Waals surface area contributed by atoms with Crippen molar-refractivity contribution in [1.82, 2.24) is 9.80 Å². The number of nitrogens with zero attached hydrogens (tertiary/aromatic N) is 2. The highest BCUT2D eigenvalue weighted by molar-refractivity contribution is 5.94. The number of aliphatic hydroxyl groups is 1. The highest BCUT2D eigenvalue weighted by Gasteiger charge is 2.39. The predicted molar refractivity (Wildman–Crippen MR) is 83.9 cm³/mol. The number of hydrogen-bond donors (Lipinski definition) is 1. The summed E-state index contributed by atoms with van der Waals surface area (Å²) in [4.78, 5) is 16.6. The molecule has 1 N–H and O–H groups in total. The van der Waals surface area contributed by atoms with Gasteiger partial charge in [-0.1, -0.05) is 17.7 Å². The Morgan fingerprint density at radius 3 is 2.82 bits per heavy atom. The van der Waals surface area contributed by atoms with Crippen molar-refractivity contribution in [2.45, 2.75) is 18.9 Å². The lowest BCUT2D eigenvalue weighted by Gasteiger charge is -2.33. The van der Waals surface area contributed by atoms with Crippen molar-refractivity contribution in [2.75, 3.05) is 45.9 Å². The van der Waals surface area contributed by atoms with Crippen LogP contribution < -0.4 is 0 Å². The highest BCUT2D eigenvalue weighted by Crippen LogP contribution is 2.24. The van der Waals surface area contributed by atoms with Crippen LogP contribution in [0.25, 0.3) is 0 Å². The number of benzene rings is 1. The molecule has 0 aromatic heterocycles. The van der Waals surface area contributed by atoms with E-state index in [9.17, 15) is 9.90 Å². The summed E-state index contributed by atoms with van der Waals surface area (Å²) in [7, 11) is 0. The number of carbonyl (C=O) groups is 1. The number of morpholine rings is 1. The topological polar surface area (TPSA) is 53.0 Å². The smallest absolute Gasteiger partial charge is 0.253 e. The Labute approximate surface area is 131 Å². The van der Waals surface area contributed by atoms with E-state index in [1.165, 1.54) is 0 Å². The molecule has 1 unspecified atom stereocenters. The van der Waals surface area contributed by atoms with Crippen LogP contribution in [-0.2, 0) is 4.74 Å². The molecule has 1 aromatic carbocycles. The average molecular weight is 304 g/mol. The van der Waals surface area contributed by atoms with Crippen molar-refractivity contribution >= 4 is 5.91 Å². The third kappa shape index (κ3) is 3.48. The summed E-state index contributed by atoms with van der Waals surface area (Å²) in [5, 5.41) is 10.8. The number of amides is 1. The van der Waals surface area contributed by atoms with Crippen LogP contribution >= 0.6 is 0 Å². The molecule has 0 aliphatic carbocycles. The van der Waals surface area contributed by atoms with Gasteiger partial charge in [-0.3, -0.25) is 9.69 Å². The van der Waals surface area contributed by atoms with E-state index in [2.05, 4.69) is 4.90 Å². The van der Waals surface area contributed by atoms with Crippen molar-refractivity contribution in [2.24, 2.45) is 0 Å². The van der Waals surface area contributed by atoms with Gasteiger partial charge in [0.1, 0.15) is 0 Å². The van der Waals surface area contributed by atoms with Crippen LogP contribution in [0.1, 0.15) is 22.3 Å². The van der Waals surface area contributed by atoms with Crippen molar-refractivity contribution in [3.63, 3.8) is 0 Å². The van der Waals surface area contributed by atoms with Crippen LogP contribution in [0.5, 0.6) is 0 Å². The molecule has 1 amide bonds. The van der Waals surface area contributed by atoms with Gasteiger partial charge in [0.05, 0.1) is 25.4 Å². The second-order valence-electron chi connectivity index (χ2n) is 6.46. The standard InChI is InChI=1S/C17H24N2O3/c1-14-3-2-4-15(11-14)16(20)19-6-5-17(21,13-19)12-18-7-9-22-10-8-18/h2-4,11,21H,5-10,12-13H2,1H3. The van der Waals surface area contributed by atoms with E-state index in [0.717, 1.165) is 31.9 Å². The van der Waals surface area contributed by atoms with Gasteiger partial charge in [0.25, 0.3) is 5.91 Å². The Morgan fingerprint density at radius 2 is 2.09 bits per heavy atom. The molecule has 2 aliphatic rings. The van der Waals surface area contributed by atoms with E-state index in [1.807, 2.05) is 31.2 Å². The molecule has 0 bridgehead atoms. The molecule has 2 heterocycles. The second kappa shape index (κ2) is 6.36. The molecular formula is C17H24N2O3. The van der Waals surface area contributed by atoms with Gasteiger partial charge in [-0.05, 0) is 25.5 Å². The summed E-state index contributed by atoms with van der Waals surface area (Å²) in [6.07, 6.45) is 0.641. The SMILES string of the molecule is Cc1cccc(C(=O)N2CCC(O)(CN3CCOCC3)C2)c1. The molecule has 0 spiro atoms. The van der Waals surface area contributed by atoms with E-state index >= 15 is 0 Å². The number of likely N-dealkylation sites (tertiary alicyclic amines) is 1. The average Bonchev–Trinajstić information content (AvgIpc) is 2.89. The summed E-state index contributed by atoms with van der Waals surface area (Å²) in [6.45, 7) is 6.79. The Bertz CT molecular complexity index is 542. The van der Waals surface area contributed by atoms with E-state index in [4.69, 9.17) is 4.74 Å². The first-order valence-corrected chi connectivity index (χ1v) is 7.94. The zero-order chi connectivity index (χ0) is 15.6. The molecule has 2 aliphatic heterocycles. The fraction of sp³-hybridized carbons (Fsp3) is 0.588. The van der Waals surface area contributed by atoms with E-state index in [0.29, 0.717) is 31.6 Å². The molecule has 0 saturated carbocycles. The number of ether oxygens (including phenoxy) is 1. The summed E-state index contributed by atoms with van der Waals surface area (Å²) >= 11 is 0. The Kier molecular flexibility index (Phi) is 4.47. The minimum atomic E-state index is -0.795. The first-order valence-electron chi connectivity index (χ1n) is 7.94. The largest absolute Gasteiger partial charge is 0.387 e. The first-order chi connectivity index (χ1) is 10.6. The maximum Gasteiger partial charge on any atom is 0.253 e. The molecular weight excluding hydrogens is 280 g/mol. The monoisotopic (exact) mass is 304 g/mol. The van der Waals surface area contributed by atoms with E-state index in [-0.39, 0.29) is 5.91 Å². The molecule has 2 fully saturated rings. The molecule has 1 atom stereocenters. The van der Waals surface area contributed by atoms with Gasteiger partial charge in [-0.2, -0.15) is 0 Å². The lowest BCUT2D eigenvalue weighted by Crippen LogP contribution is -2.49. The third-order valence-corrected chi connectivity index (χ3v) is 4.51. The predicted octanol–water partition coefficient (Wildman–Crippen LogP) is 0.904. The minimum Gasteiger partial charge on any atom is -0.387 e. The quantitative estimate of drug-likeness (QED) is 0.902. The van der Waals surface area contributed by atoms with Crippen molar-refractivity contribution < 1.29 is 14.6 Å². The minimum absolute atomic E-state index is 0.0154. The van der Waals surface area contributed by atoms with Crippen molar-refractivity contribution in [3.8, 4) is 0 Å². The van der Waals surface area contributed by atoms with Crippen LogP contribution in [0.15, 0.2) is 24.3 Å². The molecule has 1 aromatic rings. The fourth-order valence-electron chi connectivity index (χ4n) is 3.30. The van der Waals surface area contributed by atoms with Gasteiger partial charge in [0.2, 0.25) is 0 Å². The Balaban J connectivity index is 1.62. The van der Waals surface area contributed by atoms with Crippen LogP contribution in [0.2, 0.25) is 0 Å². The van der Waals surface area contributed by atoms with Crippen molar-refractivity contribution in [3.05, 3.63) is 35.4 Å². The van der Waals surface area contributed by atoms with Crippen LogP contribution in [-0.4, -0.2) is 72.4 Å². The molecule has 5 nitrogen and oxygen atoms in total. The molecule has 5 heteroatoms. The Hall–Kier alpha value is -1.43. The summed E-state index contributed by atoms with van der Waals surface area (Å²) in [5.41, 5.74) is 0.987. The number of aryl methyl sites for hydroxylation is 1. The zero-order valence-corrected chi connectivity index (χ0v) is 13.1. The fourth-order valence-corrected chi connectivity index (χ4v) is 3.30. The normalized spacial score (nSPS) is 26.4. The van der Waals surface area contributed by atoms with Crippen LogP contribution in [0.4, 0.5) is 0 Å². The number of hydrogen-bond acceptors (Lipinski definition) is 4. The lowest BCUT2D eigenvalue weighted by atomic mass is 10.0. The molecule has 0 radical (unpaired) electrons. The molecule has 2 saturated heterocycles.